The van der Waals surface area contributed by atoms with Crippen molar-refractivity contribution in [3.05, 3.63) is 42.0 Å². The summed E-state index contributed by atoms with van der Waals surface area (Å²) in [4.78, 5) is 36.9. The molecule has 0 saturated carbocycles. The van der Waals surface area contributed by atoms with E-state index in [1.165, 1.54) is 13.0 Å². The van der Waals surface area contributed by atoms with Crippen molar-refractivity contribution < 1.29 is 42.8 Å². The summed E-state index contributed by atoms with van der Waals surface area (Å²) in [6, 6.07) is 8.29. The molecule has 38 heavy (non-hydrogen) atoms. The molecule has 1 aromatic rings. The molecule has 3 heterocycles. The Morgan fingerprint density at radius 2 is 1.76 bits per heavy atom. The van der Waals surface area contributed by atoms with Crippen LogP contribution in [0.1, 0.15) is 40.2 Å². The summed E-state index contributed by atoms with van der Waals surface area (Å²) < 4.78 is 35.4. The van der Waals surface area contributed by atoms with Crippen LogP contribution in [-0.2, 0) is 42.8 Å². The highest BCUT2D eigenvalue weighted by molar-refractivity contribution is 5.94. The lowest BCUT2D eigenvalue weighted by molar-refractivity contribution is -0.235. The van der Waals surface area contributed by atoms with Gasteiger partial charge in [-0.25, -0.2) is 0 Å². The van der Waals surface area contributed by atoms with Crippen LogP contribution >= 0.6 is 0 Å². The predicted molar refractivity (Wildman–Crippen MR) is 133 cm³/mol. The summed E-state index contributed by atoms with van der Waals surface area (Å²) in [5.41, 5.74) is 5.40. The van der Waals surface area contributed by atoms with Crippen molar-refractivity contribution in [3.63, 3.8) is 0 Å². The number of hydrogen-bond donors (Lipinski definition) is 3. The first-order valence-corrected chi connectivity index (χ1v) is 12.5. The van der Waals surface area contributed by atoms with E-state index in [9.17, 15) is 14.4 Å². The fourth-order valence-electron chi connectivity index (χ4n) is 4.40. The van der Waals surface area contributed by atoms with Gasteiger partial charge in [-0.2, -0.15) is 0 Å². The van der Waals surface area contributed by atoms with Crippen molar-refractivity contribution in [2.75, 3.05) is 13.2 Å². The van der Waals surface area contributed by atoms with Crippen LogP contribution in [0.2, 0.25) is 0 Å². The van der Waals surface area contributed by atoms with Crippen molar-refractivity contribution >= 4 is 23.8 Å². The molecular formula is C26H35N3O9. The van der Waals surface area contributed by atoms with Crippen molar-refractivity contribution in [1.82, 2.24) is 16.2 Å². The maximum atomic E-state index is 12.6. The number of hydrogen-bond acceptors (Lipinski definition) is 9. The lowest BCUT2D eigenvalue weighted by atomic mass is 10.1. The van der Waals surface area contributed by atoms with E-state index in [1.54, 1.807) is 33.8 Å². The quantitative estimate of drug-likeness (QED) is 0.326. The Bertz CT molecular complexity index is 1050. The van der Waals surface area contributed by atoms with Crippen LogP contribution in [0.15, 0.2) is 36.4 Å². The molecule has 0 spiro atoms. The topological polar surface area (TPSA) is 143 Å². The fraction of sp³-hybridized carbons (Fsp3) is 0.577. The number of fused-ring (bicyclic) bond motifs is 1. The minimum absolute atomic E-state index is 0.288. The van der Waals surface area contributed by atoms with E-state index in [0.717, 1.165) is 5.56 Å². The molecule has 3 aliphatic rings. The summed E-state index contributed by atoms with van der Waals surface area (Å²) >= 11 is 0. The van der Waals surface area contributed by atoms with Crippen LogP contribution in [-0.4, -0.2) is 79.3 Å². The van der Waals surface area contributed by atoms with Gasteiger partial charge in [-0.05, 0) is 46.3 Å². The minimum atomic E-state index is -0.940. The standard InChI is InChI=1S/C26H35N3O9/c1-15(23(32)29-28-18(30)12-11-16-9-7-6-8-10-16)27-19(31)14-33-21-20(17-13-34-25(2,3)36-17)35-24-22(21)37-26(4,5)38-24/h6-12,15,17,20-22,24H,13-14H2,1-5H3,(H,27,31)(H,28,30)(H,29,32)/b12-11+/t15-,17+,20-,21+,22-,24-/m1/s1. The molecule has 0 aromatic heterocycles. The van der Waals surface area contributed by atoms with Gasteiger partial charge in [-0.15, -0.1) is 0 Å². The molecule has 0 unspecified atom stereocenters. The Kier molecular flexibility index (Phi) is 8.50. The molecule has 0 radical (unpaired) electrons. The van der Waals surface area contributed by atoms with Crippen molar-refractivity contribution in [2.45, 2.75) is 82.9 Å². The van der Waals surface area contributed by atoms with Gasteiger partial charge in [-0.1, -0.05) is 30.3 Å². The van der Waals surface area contributed by atoms with Crippen LogP contribution in [0.4, 0.5) is 0 Å². The zero-order valence-corrected chi connectivity index (χ0v) is 22.1. The molecular weight excluding hydrogens is 498 g/mol. The molecule has 3 aliphatic heterocycles. The van der Waals surface area contributed by atoms with E-state index < -0.39 is 66.0 Å². The normalized spacial score (nSPS) is 30.1. The van der Waals surface area contributed by atoms with Gasteiger partial charge < -0.3 is 33.7 Å². The molecule has 3 saturated heterocycles. The zero-order valence-electron chi connectivity index (χ0n) is 22.1. The molecule has 0 aliphatic carbocycles. The maximum absolute atomic E-state index is 12.6. The minimum Gasteiger partial charge on any atom is -0.363 e. The lowest BCUT2D eigenvalue weighted by Gasteiger charge is -2.29. The van der Waals surface area contributed by atoms with Crippen molar-refractivity contribution in [3.8, 4) is 0 Å². The predicted octanol–water partition coefficient (Wildman–Crippen LogP) is 0.765. The van der Waals surface area contributed by atoms with E-state index in [1.807, 2.05) is 30.3 Å². The Morgan fingerprint density at radius 1 is 1.03 bits per heavy atom. The number of rotatable bonds is 8. The van der Waals surface area contributed by atoms with E-state index in [4.69, 9.17) is 28.4 Å². The molecule has 3 amide bonds. The smallest absolute Gasteiger partial charge is 0.262 e. The second-order valence-electron chi connectivity index (χ2n) is 10.2. The van der Waals surface area contributed by atoms with E-state index in [2.05, 4.69) is 16.2 Å². The second kappa shape index (κ2) is 11.5. The highest BCUT2D eigenvalue weighted by Gasteiger charge is 2.59. The van der Waals surface area contributed by atoms with Gasteiger partial charge >= 0.3 is 0 Å². The largest absolute Gasteiger partial charge is 0.363 e. The Labute approximate surface area is 221 Å². The zero-order chi connectivity index (χ0) is 27.5. The van der Waals surface area contributed by atoms with Crippen LogP contribution in [0, 0.1) is 0 Å². The molecule has 12 nitrogen and oxygen atoms in total. The first kappa shape index (κ1) is 28.1. The third-order valence-corrected chi connectivity index (χ3v) is 6.14. The number of nitrogens with one attached hydrogen (secondary N) is 3. The van der Waals surface area contributed by atoms with Gasteiger partial charge in [0.25, 0.3) is 11.8 Å². The van der Waals surface area contributed by atoms with E-state index >= 15 is 0 Å². The van der Waals surface area contributed by atoms with Crippen molar-refractivity contribution in [2.24, 2.45) is 0 Å². The molecule has 208 valence electrons. The molecule has 6 atom stereocenters. The average Bonchev–Trinajstić information content (AvgIpc) is 3.48. The molecule has 0 bridgehead atoms. The lowest BCUT2D eigenvalue weighted by Crippen LogP contribution is -2.52. The second-order valence-corrected chi connectivity index (χ2v) is 10.2. The number of carbonyl (C=O) groups is 3. The maximum Gasteiger partial charge on any atom is 0.262 e. The third kappa shape index (κ3) is 7.16. The van der Waals surface area contributed by atoms with Crippen LogP contribution < -0.4 is 16.2 Å². The first-order valence-electron chi connectivity index (χ1n) is 12.5. The van der Waals surface area contributed by atoms with Crippen molar-refractivity contribution in [1.29, 1.82) is 0 Å². The van der Waals surface area contributed by atoms with Gasteiger partial charge in [0.15, 0.2) is 17.9 Å². The summed E-state index contributed by atoms with van der Waals surface area (Å²) in [5, 5.41) is 2.54. The van der Waals surface area contributed by atoms with Crippen LogP contribution in [0.5, 0.6) is 0 Å². The molecule has 3 N–H and O–H groups in total. The summed E-state index contributed by atoms with van der Waals surface area (Å²) in [5.74, 6) is -3.30. The number of carbonyl (C=O) groups excluding carboxylic acids is 3. The highest BCUT2D eigenvalue weighted by atomic mass is 16.8. The van der Waals surface area contributed by atoms with Gasteiger partial charge in [0.05, 0.1) is 6.61 Å². The van der Waals surface area contributed by atoms with Crippen LogP contribution in [0.3, 0.4) is 0 Å². The number of hydrazine groups is 1. The third-order valence-electron chi connectivity index (χ3n) is 6.14. The molecule has 1 aromatic carbocycles. The SMILES string of the molecule is C[C@@H](NC(=O)CO[C@@H]1[C@H]2OC(C)(C)O[C@H]2O[C@@H]1[C@@H]1COC(C)(C)O1)C(=O)NNC(=O)/C=C/c1ccccc1. The fourth-order valence-corrected chi connectivity index (χ4v) is 4.40. The Balaban J connectivity index is 1.25. The van der Waals surface area contributed by atoms with E-state index in [0.29, 0.717) is 0 Å². The average molecular weight is 534 g/mol. The Morgan fingerprint density at radius 3 is 2.45 bits per heavy atom. The Hall–Kier alpha value is -2.87. The summed E-state index contributed by atoms with van der Waals surface area (Å²) in [6.07, 6.45) is -0.0576. The number of ether oxygens (including phenoxy) is 6. The van der Waals surface area contributed by atoms with Gasteiger partial charge in [0.1, 0.15) is 37.1 Å². The highest BCUT2D eigenvalue weighted by Crippen LogP contribution is 2.41. The number of amides is 3. The molecule has 3 fully saturated rings. The van der Waals surface area contributed by atoms with Gasteiger partial charge in [0.2, 0.25) is 5.91 Å². The summed E-state index contributed by atoms with van der Waals surface area (Å²) in [7, 11) is 0. The van der Waals surface area contributed by atoms with Gasteiger partial charge in [0, 0.05) is 6.08 Å². The van der Waals surface area contributed by atoms with Gasteiger partial charge in [-0.3, -0.25) is 25.2 Å². The number of benzene rings is 1. The first-order chi connectivity index (χ1) is 17.9. The molecule has 12 heteroatoms. The van der Waals surface area contributed by atoms with E-state index in [-0.39, 0.29) is 13.2 Å². The summed E-state index contributed by atoms with van der Waals surface area (Å²) in [6.45, 7) is 8.55. The monoisotopic (exact) mass is 533 g/mol. The molecule has 4 rings (SSSR count). The van der Waals surface area contributed by atoms with Crippen LogP contribution in [0.25, 0.3) is 6.08 Å².